The molecule has 0 aliphatic rings. The standard InChI is InChI=1S/C17H17Cl2N3O5S/c1-3-21(4-2)28(26,27)16-10-12(6-7-14(16)19)20-17(23)13-9-11(18)5-8-15(13)22(24)25/h5-10H,3-4H2,1-2H3,(H,20,23). The van der Waals surface area contributed by atoms with Crippen molar-refractivity contribution in [3.05, 3.63) is 62.1 Å². The Bertz CT molecular complexity index is 1020. The second-order valence-electron chi connectivity index (χ2n) is 5.61. The second-order valence-corrected chi connectivity index (χ2v) is 8.36. The van der Waals surface area contributed by atoms with Crippen LogP contribution in [0.2, 0.25) is 10.0 Å². The average molecular weight is 446 g/mol. The fraction of sp³-hybridized carbons (Fsp3) is 0.235. The van der Waals surface area contributed by atoms with Crippen LogP contribution in [0.4, 0.5) is 11.4 Å². The molecule has 0 saturated heterocycles. The quantitative estimate of drug-likeness (QED) is 0.507. The molecule has 150 valence electrons. The van der Waals surface area contributed by atoms with Gasteiger partial charge in [0.05, 0.1) is 9.95 Å². The van der Waals surface area contributed by atoms with Crippen LogP contribution in [-0.2, 0) is 10.0 Å². The molecule has 0 spiro atoms. The summed E-state index contributed by atoms with van der Waals surface area (Å²) in [7, 11) is -3.86. The third-order valence-corrected chi connectivity index (χ3v) is 6.68. The third-order valence-electron chi connectivity index (χ3n) is 3.91. The number of carbonyl (C=O) groups is 1. The van der Waals surface area contributed by atoms with Crippen LogP contribution in [0.15, 0.2) is 41.3 Å². The van der Waals surface area contributed by atoms with Crippen molar-refractivity contribution in [2.45, 2.75) is 18.7 Å². The highest BCUT2D eigenvalue weighted by molar-refractivity contribution is 7.89. The van der Waals surface area contributed by atoms with E-state index >= 15 is 0 Å². The summed E-state index contributed by atoms with van der Waals surface area (Å²) in [5.74, 6) is -0.803. The van der Waals surface area contributed by atoms with Crippen molar-refractivity contribution < 1.29 is 18.1 Å². The summed E-state index contributed by atoms with van der Waals surface area (Å²) >= 11 is 11.9. The van der Waals surface area contributed by atoms with E-state index in [9.17, 15) is 23.3 Å². The number of hydrogen-bond donors (Lipinski definition) is 1. The van der Waals surface area contributed by atoms with Crippen molar-refractivity contribution in [2.24, 2.45) is 0 Å². The van der Waals surface area contributed by atoms with Crippen LogP contribution >= 0.6 is 23.2 Å². The molecule has 2 rings (SSSR count). The van der Waals surface area contributed by atoms with Crippen molar-refractivity contribution in [3.8, 4) is 0 Å². The van der Waals surface area contributed by atoms with Crippen molar-refractivity contribution in [1.29, 1.82) is 0 Å². The smallest absolute Gasteiger partial charge is 0.282 e. The molecule has 0 aliphatic heterocycles. The number of nitrogens with zero attached hydrogens (tertiary/aromatic N) is 2. The molecule has 11 heteroatoms. The monoisotopic (exact) mass is 445 g/mol. The molecule has 1 N–H and O–H groups in total. The van der Waals surface area contributed by atoms with Gasteiger partial charge in [-0.2, -0.15) is 4.31 Å². The van der Waals surface area contributed by atoms with E-state index in [-0.39, 0.29) is 39.3 Å². The number of amides is 1. The number of anilines is 1. The number of rotatable bonds is 7. The minimum atomic E-state index is -3.86. The molecular formula is C17H17Cl2N3O5S. The van der Waals surface area contributed by atoms with E-state index in [0.717, 1.165) is 6.07 Å². The summed E-state index contributed by atoms with van der Waals surface area (Å²) in [6.45, 7) is 3.89. The Morgan fingerprint density at radius 1 is 1.14 bits per heavy atom. The summed E-state index contributed by atoms with van der Waals surface area (Å²) in [5.41, 5.74) is -0.554. The van der Waals surface area contributed by atoms with E-state index in [4.69, 9.17) is 23.2 Å². The molecule has 0 aromatic heterocycles. The zero-order valence-electron chi connectivity index (χ0n) is 15.0. The maximum absolute atomic E-state index is 12.7. The van der Waals surface area contributed by atoms with Crippen LogP contribution in [0.25, 0.3) is 0 Å². The first-order valence-corrected chi connectivity index (χ1v) is 10.4. The molecule has 0 atom stereocenters. The molecule has 1 amide bonds. The van der Waals surface area contributed by atoms with Gasteiger partial charge in [-0.3, -0.25) is 14.9 Å². The van der Waals surface area contributed by atoms with Crippen LogP contribution in [0.3, 0.4) is 0 Å². The number of carbonyl (C=O) groups excluding carboxylic acids is 1. The van der Waals surface area contributed by atoms with Gasteiger partial charge in [0.2, 0.25) is 10.0 Å². The first-order chi connectivity index (χ1) is 13.1. The molecular weight excluding hydrogens is 429 g/mol. The van der Waals surface area contributed by atoms with E-state index in [1.807, 2.05) is 0 Å². The number of nitro groups is 1. The van der Waals surface area contributed by atoms with Gasteiger partial charge in [-0.15, -0.1) is 0 Å². The van der Waals surface area contributed by atoms with Gasteiger partial charge >= 0.3 is 0 Å². The fourth-order valence-corrected chi connectivity index (χ4v) is 4.66. The summed E-state index contributed by atoms with van der Waals surface area (Å²) < 4.78 is 26.7. The van der Waals surface area contributed by atoms with Crippen LogP contribution in [-0.4, -0.2) is 36.6 Å². The SMILES string of the molecule is CCN(CC)S(=O)(=O)c1cc(NC(=O)c2cc(Cl)ccc2[N+](=O)[O-])ccc1Cl. The molecule has 0 radical (unpaired) electrons. The van der Waals surface area contributed by atoms with Gasteiger partial charge in [-0.05, 0) is 30.3 Å². The number of hydrogen-bond acceptors (Lipinski definition) is 5. The third kappa shape index (κ3) is 4.61. The highest BCUT2D eigenvalue weighted by atomic mass is 35.5. The number of nitro benzene ring substituents is 1. The van der Waals surface area contributed by atoms with Gasteiger partial charge in [0.1, 0.15) is 10.5 Å². The number of benzene rings is 2. The fourth-order valence-electron chi connectivity index (χ4n) is 2.53. The lowest BCUT2D eigenvalue weighted by Crippen LogP contribution is -2.30. The molecule has 28 heavy (non-hydrogen) atoms. The van der Waals surface area contributed by atoms with Crippen LogP contribution in [0, 0.1) is 10.1 Å². The second kappa shape index (κ2) is 8.87. The Kier molecular flexibility index (Phi) is 7.00. The van der Waals surface area contributed by atoms with E-state index < -0.39 is 26.5 Å². The Morgan fingerprint density at radius 3 is 2.36 bits per heavy atom. The largest absolute Gasteiger partial charge is 0.322 e. The van der Waals surface area contributed by atoms with Crippen LogP contribution in [0.5, 0.6) is 0 Å². The summed E-state index contributed by atoms with van der Waals surface area (Å²) in [4.78, 5) is 22.8. The number of sulfonamides is 1. The molecule has 0 bridgehead atoms. The Hall–Kier alpha value is -2.20. The van der Waals surface area contributed by atoms with Gasteiger partial charge in [-0.25, -0.2) is 8.42 Å². The van der Waals surface area contributed by atoms with Crippen molar-refractivity contribution in [3.63, 3.8) is 0 Å². The highest BCUT2D eigenvalue weighted by Crippen LogP contribution is 2.29. The Balaban J connectivity index is 2.43. The number of nitrogens with one attached hydrogen (secondary N) is 1. The average Bonchev–Trinajstić information content (AvgIpc) is 2.63. The molecule has 0 saturated carbocycles. The molecule has 2 aromatic rings. The van der Waals surface area contributed by atoms with Crippen LogP contribution < -0.4 is 5.32 Å². The van der Waals surface area contributed by atoms with Gasteiger partial charge in [0.25, 0.3) is 11.6 Å². The van der Waals surface area contributed by atoms with Gasteiger partial charge in [0, 0.05) is 29.9 Å². The Labute approximate surface area is 172 Å². The molecule has 2 aromatic carbocycles. The minimum absolute atomic E-state index is 0.00126. The predicted octanol–water partition coefficient (Wildman–Crippen LogP) is 4.18. The minimum Gasteiger partial charge on any atom is -0.322 e. The highest BCUT2D eigenvalue weighted by Gasteiger charge is 2.26. The zero-order chi connectivity index (χ0) is 21.1. The summed E-state index contributed by atoms with van der Waals surface area (Å²) in [5, 5.41) is 13.7. The molecule has 0 unspecified atom stereocenters. The molecule has 8 nitrogen and oxygen atoms in total. The van der Waals surface area contributed by atoms with E-state index in [1.54, 1.807) is 13.8 Å². The first kappa shape index (κ1) is 22.1. The lowest BCUT2D eigenvalue weighted by molar-refractivity contribution is -0.385. The van der Waals surface area contributed by atoms with Crippen molar-refractivity contribution >= 4 is 50.5 Å². The Morgan fingerprint density at radius 2 is 1.79 bits per heavy atom. The molecule has 0 aliphatic carbocycles. The van der Waals surface area contributed by atoms with Gasteiger partial charge in [0.15, 0.2) is 0 Å². The van der Waals surface area contributed by atoms with Crippen molar-refractivity contribution in [2.75, 3.05) is 18.4 Å². The lowest BCUT2D eigenvalue weighted by Gasteiger charge is -2.19. The lowest BCUT2D eigenvalue weighted by atomic mass is 10.1. The van der Waals surface area contributed by atoms with Gasteiger partial charge in [-0.1, -0.05) is 37.0 Å². The maximum atomic E-state index is 12.7. The van der Waals surface area contributed by atoms with Gasteiger partial charge < -0.3 is 5.32 Å². The maximum Gasteiger partial charge on any atom is 0.282 e. The summed E-state index contributed by atoms with van der Waals surface area (Å²) in [6, 6.07) is 7.53. The topological polar surface area (TPSA) is 110 Å². The molecule has 0 fully saturated rings. The summed E-state index contributed by atoms with van der Waals surface area (Å²) in [6.07, 6.45) is 0. The number of halogens is 2. The first-order valence-electron chi connectivity index (χ1n) is 8.16. The normalized spacial score (nSPS) is 11.5. The molecule has 0 heterocycles. The van der Waals surface area contributed by atoms with E-state index in [2.05, 4.69) is 5.32 Å². The van der Waals surface area contributed by atoms with Crippen LogP contribution in [0.1, 0.15) is 24.2 Å². The predicted molar refractivity (Wildman–Crippen MR) is 108 cm³/mol. The van der Waals surface area contributed by atoms with E-state index in [1.165, 1.54) is 34.6 Å². The van der Waals surface area contributed by atoms with Crippen molar-refractivity contribution in [1.82, 2.24) is 4.31 Å². The zero-order valence-corrected chi connectivity index (χ0v) is 17.3. The van der Waals surface area contributed by atoms with E-state index in [0.29, 0.717) is 0 Å².